The van der Waals surface area contributed by atoms with Crippen molar-refractivity contribution >= 4 is 11.8 Å². The van der Waals surface area contributed by atoms with Crippen LogP contribution in [-0.4, -0.2) is 48.1 Å². The van der Waals surface area contributed by atoms with Crippen LogP contribution in [0.2, 0.25) is 0 Å². The van der Waals surface area contributed by atoms with Gasteiger partial charge in [0.1, 0.15) is 0 Å². The molecule has 2 aliphatic heterocycles. The number of ether oxygens (including phenoxy) is 1. The topological polar surface area (TPSA) is 58.6 Å². The summed E-state index contributed by atoms with van der Waals surface area (Å²) in [5.74, 6) is 0.0369. The molecule has 1 atom stereocenters. The Morgan fingerprint density at radius 1 is 0.952 bits per heavy atom. The minimum atomic E-state index is -0.302. The quantitative estimate of drug-likeness (QED) is 0.634. The minimum Gasteiger partial charge on any atom is -0.381 e. The fourth-order valence-electron chi connectivity index (χ4n) is 3.83. The lowest BCUT2D eigenvalue weighted by Gasteiger charge is -2.27. The van der Waals surface area contributed by atoms with Crippen LogP contribution in [0.1, 0.15) is 57.8 Å². The third kappa shape index (κ3) is 3.46. The van der Waals surface area contributed by atoms with E-state index in [4.69, 9.17) is 4.74 Å². The van der Waals surface area contributed by atoms with E-state index in [1.165, 1.54) is 12.8 Å². The van der Waals surface area contributed by atoms with E-state index in [0.717, 1.165) is 51.7 Å². The molecule has 2 saturated heterocycles. The van der Waals surface area contributed by atoms with Crippen LogP contribution in [0.15, 0.2) is 0 Å². The summed E-state index contributed by atoms with van der Waals surface area (Å²) in [5.41, 5.74) is 0. The van der Waals surface area contributed by atoms with E-state index in [-0.39, 0.29) is 23.9 Å². The zero-order valence-corrected chi connectivity index (χ0v) is 12.7. The van der Waals surface area contributed by atoms with Crippen LogP contribution < -0.4 is 5.32 Å². The van der Waals surface area contributed by atoms with Gasteiger partial charge in [-0.3, -0.25) is 14.5 Å². The van der Waals surface area contributed by atoms with Crippen LogP contribution in [0, 0.1) is 0 Å². The molecule has 2 amide bonds. The number of likely N-dealkylation sites (tertiary alicyclic amines) is 1. The zero-order valence-electron chi connectivity index (χ0n) is 12.7. The fraction of sp³-hybridized carbons (Fsp3) is 0.875. The van der Waals surface area contributed by atoms with E-state index in [1.807, 2.05) is 0 Å². The Labute approximate surface area is 126 Å². The number of nitrogens with one attached hydrogen (secondary N) is 1. The molecule has 3 rings (SSSR count). The second kappa shape index (κ2) is 6.88. The number of imide groups is 1. The number of carbonyl (C=O) groups excluding carboxylic acids is 2. The van der Waals surface area contributed by atoms with Gasteiger partial charge in [0.15, 0.2) is 0 Å². The third-order valence-electron chi connectivity index (χ3n) is 5.03. The molecule has 3 fully saturated rings. The van der Waals surface area contributed by atoms with Crippen molar-refractivity contribution in [2.24, 2.45) is 0 Å². The van der Waals surface area contributed by atoms with Crippen LogP contribution in [0.5, 0.6) is 0 Å². The molecule has 0 aromatic heterocycles. The van der Waals surface area contributed by atoms with Gasteiger partial charge in [0, 0.05) is 25.3 Å². The molecule has 1 unspecified atom stereocenters. The van der Waals surface area contributed by atoms with Gasteiger partial charge >= 0.3 is 0 Å². The molecule has 0 bridgehead atoms. The van der Waals surface area contributed by atoms with Gasteiger partial charge < -0.3 is 10.1 Å². The van der Waals surface area contributed by atoms with Gasteiger partial charge in [-0.2, -0.15) is 0 Å². The van der Waals surface area contributed by atoms with Crippen LogP contribution >= 0.6 is 0 Å². The summed E-state index contributed by atoms with van der Waals surface area (Å²) in [7, 11) is 0. The van der Waals surface area contributed by atoms with Gasteiger partial charge in [0.2, 0.25) is 11.8 Å². The van der Waals surface area contributed by atoms with Crippen LogP contribution in [-0.2, 0) is 14.3 Å². The summed E-state index contributed by atoms with van der Waals surface area (Å²) < 4.78 is 5.34. The van der Waals surface area contributed by atoms with Crippen molar-refractivity contribution in [3.05, 3.63) is 0 Å². The average Bonchev–Trinajstić information content (AvgIpc) is 2.70. The molecular weight excluding hydrogens is 268 g/mol. The van der Waals surface area contributed by atoms with E-state index in [2.05, 4.69) is 5.32 Å². The van der Waals surface area contributed by atoms with E-state index >= 15 is 0 Å². The molecule has 1 saturated carbocycles. The number of hydrogen-bond donors (Lipinski definition) is 1. The molecule has 5 nitrogen and oxygen atoms in total. The van der Waals surface area contributed by atoms with Gasteiger partial charge in [0.05, 0.1) is 12.5 Å². The van der Waals surface area contributed by atoms with Crippen LogP contribution in [0.25, 0.3) is 0 Å². The monoisotopic (exact) mass is 294 g/mol. The molecule has 5 heteroatoms. The summed E-state index contributed by atoms with van der Waals surface area (Å²) in [6.45, 7) is 1.50. The molecule has 0 radical (unpaired) electrons. The number of nitrogens with zero attached hydrogens (tertiary/aromatic N) is 1. The maximum absolute atomic E-state index is 12.6. The Morgan fingerprint density at radius 3 is 2.29 bits per heavy atom. The first-order valence-electron chi connectivity index (χ1n) is 8.45. The molecule has 118 valence electrons. The van der Waals surface area contributed by atoms with E-state index in [9.17, 15) is 9.59 Å². The fourth-order valence-corrected chi connectivity index (χ4v) is 3.83. The lowest BCUT2D eigenvalue weighted by Crippen LogP contribution is -2.47. The molecule has 3 aliphatic rings. The van der Waals surface area contributed by atoms with Crippen molar-refractivity contribution in [3.63, 3.8) is 0 Å². The Balaban J connectivity index is 1.61. The third-order valence-corrected chi connectivity index (χ3v) is 5.03. The van der Waals surface area contributed by atoms with Crippen molar-refractivity contribution in [1.82, 2.24) is 10.2 Å². The average molecular weight is 294 g/mol. The smallest absolute Gasteiger partial charge is 0.247 e. The van der Waals surface area contributed by atoms with Crippen molar-refractivity contribution in [3.8, 4) is 0 Å². The maximum atomic E-state index is 12.6. The molecule has 1 N–H and O–H groups in total. The number of rotatable bonds is 3. The lowest BCUT2D eigenvalue weighted by molar-refractivity contribution is -0.142. The minimum absolute atomic E-state index is 0.0124. The SMILES string of the molecule is O=C1CC(NC2CCOCC2)C(=O)N1C1CCCCCC1. The maximum Gasteiger partial charge on any atom is 0.247 e. The predicted molar refractivity (Wildman–Crippen MR) is 78.7 cm³/mol. The van der Waals surface area contributed by atoms with Gasteiger partial charge in [-0.25, -0.2) is 0 Å². The Morgan fingerprint density at radius 2 is 1.62 bits per heavy atom. The number of hydrogen-bond acceptors (Lipinski definition) is 4. The summed E-state index contributed by atoms with van der Waals surface area (Å²) in [6, 6.07) is 0.160. The highest BCUT2D eigenvalue weighted by molar-refractivity contribution is 6.05. The normalized spacial score (nSPS) is 29.9. The van der Waals surface area contributed by atoms with Gasteiger partial charge in [0.25, 0.3) is 0 Å². The lowest BCUT2D eigenvalue weighted by atomic mass is 10.1. The van der Waals surface area contributed by atoms with Crippen molar-refractivity contribution < 1.29 is 14.3 Å². The van der Waals surface area contributed by atoms with Crippen LogP contribution in [0.3, 0.4) is 0 Å². The van der Waals surface area contributed by atoms with Gasteiger partial charge in [-0.05, 0) is 25.7 Å². The van der Waals surface area contributed by atoms with Crippen molar-refractivity contribution in [1.29, 1.82) is 0 Å². The second-order valence-corrected chi connectivity index (χ2v) is 6.56. The summed E-state index contributed by atoms with van der Waals surface area (Å²) in [4.78, 5) is 26.5. The predicted octanol–water partition coefficient (Wildman–Crippen LogP) is 1.61. The standard InChI is InChI=1S/C16H26N2O3/c19-15-11-14(17-12-7-9-21-10-8-12)16(20)18(15)13-5-3-1-2-4-6-13/h12-14,17H,1-11H2. The first-order chi connectivity index (χ1) is 10.3. The molecule has 21 heavy (non-hydrogen) atoms. The van der Waals surface area contributed by atoms with Crippen molar-refractivity contribution in [2.45, 2.75) is 75.9 Å². The summed E-state index contributed by atoms with van der Waals surface area (Å²) >= 11 is 0. The van der Waals surface area contributed by atoms with Gasteiger partial charge in [-0.15, -0.1) is 0 Å². The molecule has 0 aromatic rings. The summed E-state index contributed by atoms with van der Waals surface area (Å²) in [6.07, 6.45) is 8.92. The Hall–Kier alpha value is -0.940. The molecule has 2 heterocycles. The van der Waals surface area contributed by atoms with Gasteiger partial charge in [-0.1, -0.05) is 25.7 Å². The highest BCUT2D eigenvalue weighted by Crippen LogP contribution is 2.27. The van der Waals surface area contributed by atoms with E-state index < -0.39 is 0 Å². The largest absolute Gasteiger partial charge is 0.381 e. The first-order valence-corrected chi connectivity index (χ1v) is 8.45. The molecule has 1 aliphatic carbocycles. The molecule has 0 aromatic carbocycles. The molecular formula is C16H26N2O3. The van der Waals surface area contributed by atoms with Crippen molar-refractivity contribution in [2.75, 3.05) is 13.2 Å². The van der Waals surface area contributed by atoms with Crippen LogP contribution in [0.4, 0.5) is 0 Å². The highest BCUT2D eigenvalue weighted by atomic mass is 16.5. The number of amides is 2. The first kappa shape index (κ1) is 15.0. The summed E-state index contributed by atoms with van der Waals surface area (Å²) in [5, 5.41) is 3.39. The van der Waals surface area contributed by atoms with E-state index in [1.54, 1.807) is 4.90 Å². The highest BCUT2D eigenvalue weighted by Gasteiger charge is 2.42. The Kier molecular flexibility index (Phi) is 4.91. The van der Waals surface area contributed by atoms with E-state index in [0.29, 0.717) is 12.5 Å². The zero-order chi connectivity index (χ0) is 14.7. The number of carbonyl (C=O) groups is 2. The Bertz CT molecular complexity index is 385. The molecule has 0 spiro atoms. The second-order valence-electron chi connectivity index (χ2n) is 6.56.